The van der Waals surface area contributed by atoms with Crippen LogP contribution in [0.2, 0.25) is 5.02 Å². The maximum Gasteiger partial charge on any atom is 0.424 e. The summed E-state index contributed by atoms with van der Waals surface area (Å²) in [5.74, 6) is 0.422. The second-order valence-electron chi connectivity index (χ2n) is 5.85. The predicted octanol–water partition coefficient (Wildman–Crippen LogP) is 0.400. The van der Waals surface area contributed by atoms with Crippen LogP contribution in [0.4, 0.5) is 5.95 Å². The number of hydrogen-bond donors (Lipinski definition) is 1. The Morgan fingerprint density at radius 2 is 1.96 bits per heavy atom. The number of nitrogens with zero attached hydrogens (tertiary/aromatic N) is 4. The molecule has 1 aliphatic heterocycles. The van der Waals surface area contributed by atoms with Gasteiger partial charge in [-0.25, -0.2) is 19.3 Å². The highest BCUT2D eigenvalue weighted by atomic mass is 35.5. The molecule has 0 bridgehead atoms. The average molecular weight is 347 g/mol. The molecule has 3 heterocycles. The standard InChI is InChI=1S/C16H16ClN5O2/c17-12-2-3-13-14(10-12)24-16(23)22(13)11-20-6-8-21(9-7-20)15-18-4-1-5-19-15/h1-5,10H,6-9,11H2/p+1. The molecule has 0 amide bonds. The van der Waals surface area contributed by atoms with Gasteiger partial charge in [0.05, 0.1) is 31.7 Å². The van der Waals surface area contributed by atoms with E-state index < -0.39 is 0 Å². The number of piperazine rings is 1. The van der Waals surface area contributed by atoms with Crippen molar-refractivity contribution in [3.8, 4) is 0 Å². The van der Waals surface area contributed by atoms with Crippen molar-refractivity contribution in [2.45, 2.75) is 6.67 Å². The Labute approximate surface area is 143 Å². The van der Waals surface area contributed by atoms with E-state index in [1.165, 1.54) is 4.90 Å². The second kappa shape index (κ2) is 6.26. The maximum atomic E-state index is 12.1. The third kappa shape index (κ3) is 2.88. The first-order valence-corrected chi connectivity index (χ1v) is 8.23. The number of quaternary nitrogens is 1. The van der Waals surface area contributed by atoms with Crippen molar-refractivity contribution in [2.24, 2.45) is 0 Å². The third-order valence-electron chi connectivity index (χ3n) is 4.32. The number of rotatable bonds is 3. The molecule has 7 nitrogen and oxygen atoms in total. The van der Waals surface area contributed by atoms with Gasteiger partial charge in [-0.15, -0.1) is 0 Å². The molecular weight excluding hydrogens is 330 g/mol. The van der Waals surface area contributed by atoms with Gasteiger partial charge in [0.15, 0.2) is 12.3 Å². The van der Waals surface area contributed by atoms with E-state index in [2.05, 4.69) is 14.9 Å². The summed E-state index contributed by atoms with van der Waals surface area (Å²) in [7, 11) is 0. The van der Waals surface area contributed by atoms with E-state index in [4.69, 9.17) is 16.0 Å². The van der Waals surface area contributed by atoms with E-state index in [1.54, 1.807) is 29.1 Å². The molecule has 1 aliphatic rings. The normalized spacial score (nSPS) is 16.0. The van der Waals surface area contributed by atoms with Crippen LogP contribution in [0.5, 0.6) is 0 Å². The van der Waals surface area contributed by atoms with Crippen molar-refractivity contribution in [1.82, 2.24) is 14.5 Å². The fourth-order valence-electron chi connectivity index (χ4n) is 3.05. The smallest absolute Gasteiger partial charge is 0.408 e. The average Bonchev–Trinajstić information content (AvgIpc) is 2.91. The molecule has 1 N–H and O–H groups in total. The van der Waals surface area contributed by atoms with Gasteiger partial charge in [-0.1, -0.05) is 11.6 Å². The Bertz CT molecular complexity index is 900. The predicted molar refractivity (Wildman–Crippen MR) is 90.4 cm³/mol. The highest BCUT2D eigenvalue weighted by molar-refractivity contribution is 6.31. The summed E-state index contributed by atoms with van der Waals surface area (Å²) in [5, 5.41) is 0.562. The van der Waals surface area contributed by atoms with E-state index in [0.717, 1.165) is 37.6 Å². The molecular formula is C16H17ClN5O2+. The molecule has 0 unspecified atom stereocenters. The van der Waals surface area contributed by atoms with Gasteiger partial charge in [0.25, 0.3) is 0 Å². The molecule has 1 fully saturated rings. The SMILES string of the molecule is O=c1oc2cc(Cl)ccc2n1C[NH+]1CCN(c2ncccn2)CC1. The topological polar surface area (TPSA) is 68.6 Å². The van der Waals surface area contributed by atoms with Gasteiger partial charge >= 0.3 is 5.76 Å². The van der Waals surface area contributed by atoms with Gasteiger partial charge in [-0.3, -0.25) is 0 Å². The van der Waals surface area contributed by atoms with Crippen LogP contribution in [0.15, 0.2) is 45.9 Å². The van der Waals surface area contributed by atoms with E-state index in [1.807, 2.05) is 12.1 Å². The summed E-state index contributed by atoms with van der Waals surface area (Å²) in [6.45, 7) is 4.11. The first-order chi connectivity index (χ1) is 11.7. The molecule has 0 atom stereocenters. The quantitative estimate of drug-likeness (QED) is 0.743. The van der Waals surface area contributed by atoms with Crippen molar-refractivity contribution in [3.05, 3.63) is 52.2 Å². The summed E-state index contributed by atoms with van der Waals surface area (Å²) in [4.78, 5) is 24.2. The Morgan fingerprint density at radius 3 is 2.71 bits per heavy atom. The van der Waals surface area contributed by atoms with Crippen LogP contribution >= 0.6 is 11.6 Å². The lowest BCUT2D eigenvalue weighted by atomic mass is 10.3. The van der Waals surface area contributed by atoms with Crippen molar-refractivity contribution in [1.29, 1.82) is 0 Å². The first-order valence-electron chi connectivity index (χ1n) is 7.85. The lowest BCUT2D eigenvalue weighted by Crippen LogP contribution is -3.14. The number of hydrogen-bond acceptors (Lipinski definition) is 5. The number of fused-ring (bicyclic) bond motifs is 1. The molecule has 0 saturated carbocycles. The van der Waals surface area contributed by atoms with Crippen LogP contribution in [0, 0.1) is 0 Å². The van der Waals surface area contributed by atoms with Gasteiger partial charge < -0.3 is 14.2 Å². The van der Waals surface area contributed by atoms with Crippen molar-refractivity contribution in [2.75, 3.05) is 31.1 Å². The minimum Gasteiger partial charge on any atom is -0.408 e. The fraction of sp³-hybridized carbons (Fsp3) is 0.312. The lowest BCUT2D eigenvalue weighted by Gasteiger charge is -2.31. The lowest BCUT2D eigenvalue weighted by molar-refractivity contribution is -0.923. The van der Waals surface area contributed by atoms with E-state index in [-0.39, 0.29) is 5.76 Å². The molecule has 24 heavy (non-hydrogen) atoms. The van der Waals surface area contributed by atoms with Gasteiger partial charge in [-0.05, 0) is 18.2 Å². The molecule has 2 aromatic heterocycles. The number of nitrogens with one attached hydrogen (secondary N) is 1. The fourth-order valence-corrected chi connectivity index (χ4v) is 3.21. The molecule has 0 radical (unpaired) electrons. The van der Waals surface area contributed by atoms with Gasteiger partial charge in [0.1, 0.15) is 0 Å². The van der Waals surface area contributed by atoms with Crippen molar-refractivity contribution in [3.63, 3.8) is 0 Å². The van der Waals surface area contributed by atoms with Crippen LogP contribution in [-0.2, 0) is 6.67 Å². The summed E-state index contributed by atoms with van der Waals surface area (Å²) >= 11 is 5.95. The molecule has 0 aliphatic carbocycles. The third-order valence-corrected chi connectivity index (χ3v) is 4.55. The van der Waals surface area contributed by atoms with E-state index in [0.29, 0.717) is 17.3 Å². The molecule has 8 heteroatoms. The van der Waals surface area contributed by atoms with Crippen LogP contribution < -0.4 is 15.6 Å². The minimum absolute atomic E-state index is 0.339. The van der Waals surface area contributed by atoms with Gasteiger partial charge in [-0.2, -0.15) is 0 Å². The summed E-state index contributed by atoms with van der Waals surface area (Å²) < 4.78 is 6.97. The zero-order chi connectivity index (χ0) is 16.5. The Balaban J connectivity index is 1.48. The zero-order valence-electron chi connectivity index (χ0n) is 13.0. The van der Waals surface area contributed by atoms with Crippen molar-refractivity contribution >= 4 is 28.6 Å². The zero-order valence-corrected chi connectivity index (χ0v) is 13.7. The van der Waals surface area contributed by atoms with Crippen LogP contribution in [0.1, 0.15) is 0 Å². The Morgan fingerprint density at radius 1 is 1.21 bits per heavy atom. The highest BCUT2D eigenvalue weighted by Crippen LogP contribution is 2.17. The monoisotopic (exact) mass is 346 g/mol. The molecule has 0 spiro atoms. The highest BCUT2D eigenvalue weighted by Gasteiger charge is 2.23. The van der Waals surface area contributed by atoms with Crippen LogP contribution in [0.3, 0.4) is 0 Å². The summed E-state index contributed by atoms with van der Waals surface area (Å²) in [6, 6.07) is 7.09. The molecule has 124 valence electrons. The van der Waals surface area contributed by atoms with E-state index >= 15 is 0 Å². The van der Waals surface area contributed by atoms with Crippen LogP contribution in [0.25, 0.3) is 11.1 Å². The Hall–Kier alpha value is -2.38. The molecule has 1 aromatic carbocycles. The van der Waals surface area contributed by atoms with E-state index in [9.17, 15) is 4.79 Å². The van der Waals surface area contributed by atoms with Gasteiger partial charge in [0, 0.05) is 23.5 Å². The van der Waals surface area contributed by atoms with Crippen molar-refractivity contribution < 1.29 is 9.32 Å². The molecule has 3 aromatic rings. The minimum atomic E-state index is -0.339. The number of aromatic nitrogens is 3. The summed E-state index contributed by atoms with van der Waals surface area (Å²) in [5.41, 5.74) is 1.31. The summed E-state index contributed by atoms with van der Waals surface area (Å²) in [6.07, 6.45) is 3.51. The first kappa shape index (κ1) is 15.2. The molecule has 4 rings (SSSR count). The number of oxazole rings is 1. The van der Waals surface area contributed by atoms with Gasteiger partial charge in [0.2, 0.25) is 5.95 Å². The maximum absolute atomic E-state index is 12.1. The second-order valence-corrected chi connectivity index (χ2v) is 6.29. The van der Waals surface area contributed by atoms with Crippen LogP contribution in [-0.4, -0.2) is 40.7 Å². The Kier molecular flexibility index (Phi) is 3.95. The number of anilines is 1. The number of halogens is 1. The number of benzene rings is 1. The largest absolute Gasteiger partial charge is 0.424 e. The molecule has 1 saturated heterocycles.